The number of alkyl halides is 3. The Kier molecular flexibility index (Phi) is 6.21. The first kappa shape index (κ1) is 21.6. The van der Waals surface area contributed by atoms with Crippen LogP contribution in [0.3, 0.4) is 0 Å². The molecule has 1 aliphatic rings. The molecule has 156 valence electrons. The number of nitrogens with two attached hydrogens (primary N) is 1. The Bertz CT molecular complexity index is 930. The maximum atomic E-state index is 13.4. The molecule has 1 fully saturated rings. The number of piperidine rings is 1. The van der Waals surface area contributed by atoms with Crippen LogP contribution in [0.2, 0.25) is 10.0 Å². The Morgan fingerprint density at radius 2 is 1.86 bits per heavy atom. The van der Waals surface area contributed by atoms with E-state index in [1.54, 1.807) is 0 Å². The largest absolute Gasteiger partial charge is 0.451 e. The first-order chi connectivity index (χ1) is 13.6. The molecule has 1 aromatic heterocycles. The fraction of sp³-hybridized carbons (Fsp3) is 0.389. The number of hydrogen-bond acceptors (Lipinski definition) is 5. The summed E-state index contributed by atoms with van der Waals surface area (Å²) in [5.41, 5.74) is 6.11. The molecule has 11 heteroatoms. The number of amides is 1. The summed E-state index contributed by atoms with van der Waals surface area (Å²) in [6.45, 7) is 2.21. The van der Waals surface area contributed by atoms with Crippen LogP contribution in [-0.4, -0.2) is 39.9 Å². The Labute approximate surface area is 175 Å². The smallest absolute Gasteiger partial charge is 0.340 e. The summed E-state index contributed by atoms with van der Waals surface area (Å²) in [5, 5.41) is 3.29. The Balaban J connectivity index is 2.00. The summed E-state index contributed by atoms with van der Waals surface area (Å²) in [7, 11) is 0. The lowest BCUT2D eigenvalue weighted by Gasteiger charge is -2.30. The van der Waals surface area contributed by atoms with Gasteiger partial charge in [-0.25, -0.2) is 9.97 Å². The molecule has 2 aromatic rings. The van der Waals surface area contributed by atoms with E-state index in [2.05, 4.69) is 15.3 Å². The van der Waals surface area contributed by atoms with Crippen molar-refractivity contribution in [1.82, 2.24) is 14.9 Å². The van der Waals surface area contributed by atoms with Crippen LogP contribution in [0.5, 0.6) is 0 Å². The molecule has 3 rings (SSSR count). The average molecular weight is 448 g/mol. The number of nitrogens with one attached hydrogen (secondary N) is 1. The van der Waals surface area contributed by atoms with Gasteiger partial charge in [-0.3, -0.25) is 4.79 Å². The van der Waals surface area contributed by atoms with Gasteiger partial charge in [0.1, 0.15) is 11.5 Å². The van der Waals surface area contributed by atoms with E-state index >= 15 is 0 Å². The van der Waals surface area contributed by atoms with Crippen molar-refractivity contribution >= 4 is 40.6 Å². The van der Waals surface area contributed by atoms with Gasteiger partial charge in [-0.1, -0.05) is 23.2 Å². The van der Waals surface area contributed by atoms with Crippen molar-refractivity contribution in [3.05, 3.63) is 45.3 Å². The summed E-state index contributed by atoms with van der Waals surface area (Å²) in [4.78, 5) is 21.4. The molecule has 1 saturated heterocycles. The monoisotopic (exact) mass is 447 g/mol. The highest BCUT2D eigenvalue weighted by Gasteiger charge is 2.37. The van der Waals surface area contributed by atoms with E-state index in [0.29, 0.717) is 36.6 Å². The quantitative estimate of drug-likeness (QED) is 0.727. The number of carbonyl (C=O) groups is 1. The molecular formula is C18H18Cl2F3N5O. The fourth-order valence-corrected chi connectivity index (χ4v) is 3.23. The van der Waals surface area contributed by atoms with Crippen molar-refractivity contribution < 1.29 is 18.0 Å². The van der Waals surface area contributed by atoms with E-state index < -0.39 is 17.9 Å². The molecular weight excluding hydrogens is 430 g/mol. The summed E-state index contributed by atoms with van der Waals surface area (Å²) in [5.74, 6) is -2.12. The number of likely N-dealkylation sites (tertiary alicyclic amines) is 1. The highest BCUT2D eigenvalue weighted by molar-refractivity contribution is 6.42. The third kappa shape index (κ3) is 4.91. The molecule has 0 bridgehead atoms. The molecule has 3 N–H and O–H groups in total. The molecule has 1 amide bonds. The number of anilines is 2. The molecule has 2 heterocycles. The number of carbonyl (C=O) groups excluding carboxylic acids is 1. The van der Waals surface area contributed by atoms with Gasteiger partial charge in [0.2, 0.25) is 5.82 Å². The van der Waals surface area contributed by atoms with Gasteiger partial charge < -0.3 is 16.0 Å². The zero-order valence-corrected chi connectivity index (χ0v) is 16.9. The zero-order valence-electron chi connectivity index (χ0n) is 15.4. The van der Waals surface area contributed by atoms with Crippen molar-refractivity contribution in [2.75, 3.05) is 18.4 Å². The third-order valence-electron chi connectivity index (χ3n) is 4.61. The molecule has 0 unspecified atom stereocenters. The standard InChI is InChI=1S/C18H18Cl2F3N5O/c1-9-14(16(29)28-6-4-10(24)5-7-28)26-17(18(21,22)23)27-15(9)25-11-2-3-12(19)13(20)8-11/h2-3,8,10H,4-7,24H2,1H3,(H,25,26,27). The maximum absolute atomic E-state index is 13.4. The van der Waals surface area contributed by atoms with Gasteiger partial charge in [-0.05, 0) is 38.0 Å². The van der Waals surface area contributed by atoms with Gasteiger partial charge in [-0.15, -0.1) is 0 Å². The van der Waals surface area contributed by atoms with E-state index in [4.69, 9.17) is 28.9 Å². The molecule has 1 aliphatic heterocycles. The lowest BCUT2D eigenvalue weighted by Crippen LogP contribution is -2.43. The Morgan fingerprint density at radius 1 is 1.21 bits per heavy atom. The minimum Gasteiger partial charge on any atom is -0.340 e. The van der Waals surface area contributed by atoms with Crippen LogP contribution in [0, 0.1) is 6.92 Å². The van der Waals surface area contributed by atoms with Crippen molar-refractivity contribution in [3.8, 4) is 0 Å². The molecule has 0 aliphatic carbocycles. The minimum atomic E-state index is -4.82. The second-order valence-corrected chi connectivity index (χ2v) is 7.57. The number of hydrogen-bond donors (Lipinski definition) is 2. The van der Waals surface area contributed by atoms with Gasteiger partial charge in [0.25, 0.3) is 5.91 Å². The molecule has 29 heavy (non-hydrogen) atoms. The first-order valence-corrected chi connectivity index (χ1v) is 9.54. The van der Waals surface area contributed by atoms with Crippen LogP contribution in [0.4, 0.5) is 24.7 Å². The number of aromatic nitrogens is 2. The SMILES string of the molecule is Cc1c(Nc2ccc(Cl)c(Cl)c2)nc(C(F)(F)F)nc1C(=O)N1CCC(N)CC1. The lowest BCUT2D eigenvalue weighted by atomic mass is 10.1. The fourth-order valence-electron chi connectivity index (χ4n) is 2.94. The van der Waals surface area contributed by atoms with Gasteiger partial charge in [-0.2, -0.15) is 13.2 Å². The van der Waals surface area contributed by atoms with E-state index in [1.807, 2.05) is 0 Å². The third-order valence-corrected chi connectivity index (χ3v) is 5.35. The highest BCUT2D eigenvalue weighted by atomic mass is 35.5. The second-order valence-electron chi connectivity index (χ2n) is 6.75. The average Bonchev–Trinajstić information content (AvgIpc) is 2.65. The van der Waals surface area contributed by atoms with Crippen molar-refractivity contribution in [1.29, 1.82) is 0 Å². The summed E-state index contributed by atoms with van der Waals surface area (Å²) < 4.78 is 40.1. The number of nitrogens with zero attached hydrogens (tertiary/aromatic N) is 3. The van der Waals surface area contributed by atoms with E-state index in [-0.39, 0.29) is 28.1 Å². The zero-order chi connectivity index (χ0) is 21.3. The normalized spacial score (nSPS) is 15.5. The van der Waals surface area contributed by atoms with Crippen LogP contribution in [0.1, 0.15) is 34.7 Å². The molecule has 0 saturated carbocycles. The number of benzene rings is 1. The van der Waals surface area contributed by atoms with Crippen molar-refractivity contribution in [3.63, 3.8) is 0 Å². The van der Waals surface area contributed by atoms with Crippen LogP contribution in [0.25, 0.3) is 0 Å². The molecule has 6 nitrogen and oxygen atoms in total. The van der Waals surface area contributed by atoms with Gasteiger partial charge in [0.05, 0.1) is 10.0 Å². The Morgan fingerprint density at radius 3 is 2.45 bits per heavy atom. The number of rotatable bonds is 3. The van der Waals surface area contributed by atoms with E-state index in [1.165, 1.54) is 30.0 Å². The first-order valence-electron chi connectivity index (χ1n) is 8.79. The molecule has 0 spiro atoms. The maximum Gasteiger partial charge on any atom is 0.451 e. The Hall–Kier alpha value is -2.10. The van der Waals surface area contributed by atoms with Crippen LogP contribution < -0.4 is 11.1 Å². The van der Waals surface area contributed by atoms with Crippen LogP contribution in [0.15, 0.2) is 18.2 Å². The summed E-state index contributed by atoms with van der Waals surface area (Å²) in [6, 6.07) is 4.46. The molecule has 0 atom stereocenters. The summed E-state index contributed by atoms with van der Waals surface area (Å²) in [6.07, 6.45) is -3.66. The van der Waals surface area contributed by atoms with Gasteiger partial charge in [0.15, 0.2) is 0 Å². The molecule has 0 radical (unpaired) electrons. The van der Waals surface area contributed by atoms with E-state index in [9.17, 15) is 18.0 Å². The predicted octanol–water partition coefficient (Wildman–Crippen LogP) is 4.42. The molecule has 1 aromatic carbocycles. The lowest BCUT2D eigenvalue weighted by molar-refractivity contribution is -0.144. The van der Waals surface area contributed by atoms with Crippen molar-refractivity contribution in [2.45, 2.75) is 32.0 Å². The van der Waals surface area contributed by atoms with Crippen LogP contribution in [-0.2, 0) is 6.18 Å². The van der Waals surface area contributed by atoms with Crippen LogP contribution >= 0.6 is 23.2 Å². The minimum absolute atomic E-state index is 0.0248. The van der Waals surface area contributed by atoms with Gasteiger partial charge >= 0.3 is 6.18 Å². The second kappa shape index (κ2) is 8.33. The van der Waals surface area contributed by atoms with Crippen molar-refractivity contribution in [2.24, 2.45) is 5.73 Å². The highest BCUT2D eigenvalue weighted by Crippen LogP contribution is 2.32. The summed E-state index contributed by atoms with van der Waals surface area (Å²) >= 11 is 11.8. The topological polar surface area (TPSA) is 84.1 Å². The van der Waals surface area contributed by atoms with E-state index in [0.717, 1.165) is 0 Å². The number of halogens is 5. The predicted molar refractivity (Wildman–Crippen MR) is 105 cm³/mol. The van der Waals surface area contributed by atoms with Gasteiger partial charge in [0, 0.05) is 30.4 Å².